The Hall–Kier alpha value is -3.74. The molecule has 2 aliphatic rings. The van der Waals surface area contributed by atoms with Crippen molar-refractivity contribution in [2.24, 2.45) is 0 Å². The number of carbonyl (C=O) groups is 2. The van der Waals surface area contributed by atoms with Crippen molar-refractivity contribution in [1.29, 1.82) is 0 Å². The van der Waals surface area contributed by atoms with Crippen LogP contribution in [-0.2, 0) is 22.7 Å². The molecule has 34 heavy (non-hydrogen) atoms. The molecule has 2 aliphatic heterocycles. The van der Waals surface area contributed by atoms with E-state index in [1.165, 1.54) is 0 Å². The molecule has 0 saturated carbocycles. The molecule has 0 spiro atoms. The Morgan fingerprint density at radius 1 is 0.529 bits per heavy atom. The molecule has 6 heteroatoms. The number of benzene rings is 2. The summed E-state index contributed by atoms with van der Waals surface area (Å²) >= 11 is 3.10. The zero-order valence-corrected chi connectivity index (χ0v) is 19.8. The number of rotatable bonds is 6. The van der Waals surface area contributed by atoms with E-state index in [2.05, 4.69) is 0 Å². The molecule has 2 aromatic carbocycles. The Kier molecular flexibility index (Phi) is 5.24. The quantitative estimate of drug-likeness (QED) is 0.339. The first-order valence-corrected chi connectivity index (χ1v) is 12.8. The highest BCUT2D eigenvalue weighted by atomic mass is 32.1. The minimum Gasteiger partial charge on any atom is -0.302 e. The van der Waals surface area contributed by atoms with Gasteiger partial charge in [-0.15, -0.1) is 22.7 Å². The Morgan fingerprint density at radius 2 is 0.941 bits per heavy atom. The van der Waals surface area contributed by atoms with Crippen LogP contribution in [-0.4, -0.2) is 21.6 Å². The standard InChI is InChI=1S/C28H20N2O2S2/c31-27-24-23(25(21-13-7-15-33-21)29(27)17-19-9-3-1-4-10-19)28(32)30(18-20-11-5-2-6-12-20)26(24)22-14-8-16-34-22/h1-16H,17-18H2. The molecule has 4 heterocycles. The molecule has 0 saturated heterocycles. The van der Waals surface area contributed by atoms with Gasteiger partial charge < -0.3 is 9.80 Å². The van der Waals surface area contributed by atoms with Crippen LogP contribution in [0.2, 0.25) is 0 Å². The lowest BCUT2D eigenvalue weighted by Gasteiger charge is -2.24. The van der Waals surface area contributed by atoms with Gasteiger partial charge in [0, 0.05) is 0 Å². The fraction of sp³-hybridized carbons (Fsp3) is 0.0714. The minimum absolute atomic E-state index is 0.116. The van der Waals surface area contributed by atoms with Gasteiger partial charge in [0.1, 0.15) is 0 Å². The molecule has 4 nitrogen and oxygen atoms in total. The second-order valence-corrected chi connectivity index (χ2v) is 10.1. The van der Waals surface area contributed by atoms with Crippen molar-refractivity contribution >= 4 is 45.9 Å². The maximum Gasteiger partial charge on any atom is 0.261 e. The summed E-state index contributed by atoms with van der Waals surface area (Å²) in [6.45, 7) is 0.840. The van der Waals surface area contributed by atoms with E-state index in [-0.39, 0.29) is 11.8 Å². The maximum absolute atomic E-state index is 14.0. The highest BCUT2D eigenvalue weighted by Crippen LogP contribution is 2.48. The predicted molar refractivity (Wildman–Crippen MR) is 136 cm³/mol. The third-order valence-corrected chi connectivity index (χ3v) is 7.81. The highest BCUT2D eigenvalue weighted by Gasteiger charge is 2.49. The molecule has 0 aliphatic carbocycles. The van der Waals surface area contributed by atoms with Gasteiger partial charge in [0.25, 0.3) is 11.8 Å². The van der Waals surface area contributed by atoms with Gasteiger partial charge in [0.2, 0.25) is 0 Å². The predicted octanol–water partition coefficient (Wildman–Crippen LogP) is 6.02. The van der Waals surface area contributed by atoms with E-state index < -0.39 is 0 Å². The number of hydrogen-bond donors (Lipinski definition) is 0. The normalized spacial score (nSPS) is 15.6. The van der Waals surface area contributed by atoms with Crippen molar-refractivity contribution < 1.29 is 9.59 Å². The molecule has 0 unspecified atom stereocenters. The van der Waals surface area contributed by atoms with Gasteiger partial charge in [-0.1, -0.05) is 72.8 Å². The molecule has 166 valence electrons. The summed E-state index contributed by atoms with van der Waals surface area (Å²) in [6, 6.07) is 27.7. The van der Waals surface area contributed by atoms with Gasteiger partial charge in [-0.2, -0.15) is 0 Å². The molecule has 4 aromatic rings. The summed E-state index contributed by atoms with van der Waals surface area (Å²) in [5.74, 6) is -0.232. The number of thiophene rings is 2. The van der Waals surface area contributed by atoms with Gasteiger partial charge in [-0.3, -0.25) is 9.59 Å². The molecule has 0 radical (unpaired) electrons. The molecule has 2 amide bonds. The van der Waals surface area contributed by atoms with Crippen molar-refractivity contribution in [3.8, 4) is 0 Å². The van der Waals surface area contributed by atoms with E-state index in [0.717, 1.165) is 20.9 Å². The molecule has 6 rings (SSSR count). The Morgan fingerprint density at radius 3 is 1.29 bits per heavy atom. The van der Waals surface area contributed by atoms with Crippen LogP contribution in [0, 0.1) is 0 Å². The number of hydrogen-bond acceptors (Lipinski definition) is 4. The summed E-state index contributed by atoms with van der Waals surface area (Å²) in [4.78, 5) is 33.4. The van der Waals surface area contributed by atoms with Gasteiger partial charge in [0.05, 0.1) is 45.4 Å². The number of amides is 2. The van der Waals surface area contributed by atoms with Gasteiger partial charge in [-0.05, 0) is 34.0 Å². The van der Waals surface area contributed by atoms with Crippen LogP contribution in [0.1, 0.15) is 20.9 Å². The average molecular weight is 481 g/mol. The van der Waals surface area contributed by atoms with Crippen molar-refractivity contribution in [3.63, 3.8) is 0 Å². The number of nitrogens with zero attached hydrogens (tertiary/aromatic N) is 2. The zero-order valence-electron chi connectivity index (χ0n) is 18.2. The summed E-state index contributed by atoms with van der Waals surface area (Å²) < 4.78 is 0. The molecule has 0 atom stereocenters. The second-order valence-electron chi connectivity index (χ2n) is 8.16. The monoisotopic (exact) mass is 480 g/mol. The lowest BCUT2D eigenvalue weighted by Crippen LogP contribution is -2.29. The Labute approximate surface area is 205 Å². The van der Waals surface area contributed by atoms with Crippen molar-refractivity contribution in [1.82, 2.24) is 9.80 Å². The fourth-order valence-corrected chi connectivity index (χ4v) is 6.14. The van der Waals surface area contributed by atoms with Crippen LogP contribution >= 0.6 is 22.7 Å². The van der Waals surface area contributed by atoms with E-state index in [1.54, 1.807) is 32.5 Å². The third kappa shape index (κ3) is 3.43. The van der Waals surface area contributed by atoms with Gasteiger partial charge in [-0.25, -0.2) is 0 Å². The van der Waals surface area contributed by atoms with Crippen LogP contribution in [0.5, 0.6) is 0 Å². The van der Waals surface area contributed by atoms with E-state index in [0.29, 0.717) is 35.6 Å². The van der Waals surface area contributed by atoms with Crippen molar-refractivity contribution in [2.45, 2.75) is 13.1 Å². The topological polar surface area (TPSA) is 40.6 Å². The Balaban J connectivity index is 1.54. The summed E-state index contributed by atoms with van der Waals surface area (Å²) in [5.41, 5.74) is 4.52. The number of carbonyl (C=O) groups excluding carboxylic acids is 2. The molecule has 0 N–H and O–H groups in total. The van der Waals surface area contributed by atoms with Crippen LogP contribution in [0.25, 0.3) is 11.4 Å². The second kappa shape index (κ2) is 8.56. The van der Waals surface area contributed by atoms with Crippen molar-refractivity contribution in [3.05, 3.63) is 128 Å². The molecular formula is C28H20N2O2S2. The lowest BCUT2D eigenvalue weighted by atomic mass is 10.1. The van der Waals surface area contributed by atoms with Crippen molar-refractivity contribution in [2.75, 3.05) is 0 Å². The molecule has 0 bridgehead atoms. The first-order chi connectivity index (χ1) is 16.7. The smallest absolute Gasteiger partial charge is 0.261 e. The summed E-state index contributed by atoms with van der Waals surface area (Å²) in [5, 5.41) is 3.97. The number of fused-ring (bicyclic) bond motifs is 1. The first kappa shape index (κ1) is 20.8. The van der Waals surface area contributed by atoms with Crippen LogP contribution in [0.3, 0.4) is 0 Å². The fourth-order valence-electron chi connectivity index (χ4n) is 4.57. The summed E-state index contributed by atoms with van der Waals surface area (Å²) in [6.07, 6.45) is 0. The lowest BCUT2D eigenvalue weighted by molar-refractivity contribution is -0.124. The van der Waals surface area contributed by atoms with E-state index in [9.17, 15) is 9.59 Å². The minimum atomic E-state index is -0.116. The van der Waals surface area contributed by atoms with Crippen LogP contribution < -0.4 is 0 Å². The molecular weight excluding hydrogens is 460 g/mol. The van der Waals surface area contributed by atoms with Crippen LogP contribution in [0.15, 0.2) is 107 Å². The first-order valence-electron chi connectivity index (χ1n) is 11.0. The summed E-state index contributed by atoms with van der Waals surface area (Å²) in [7, 11) is 0. The van der Waals surface area contributed by atoms with Gasteiger partial charge >= 0.3 is 0 Å². The maximum atomic E-state index is 14.0. The molecule has 2 aromatic heterocycles. The van der Waals surface area contributed by atoms with E-state index in [4.69, 9.17) is 0 Å². The van der Waals surface area contributed by atoms with E-state index >= 15 is 0 Å². The SMILES string of the molecule is O=C1C2=C(c3cccs3)N(Cc3ccccc3)C(=O)C2=C(c2cccs2)N1Cc1ccccc1. The largest absolute Gasteiger partial charge is 0.302 e. The third-order valence-electron chi connectivity index (χ3n) is 6.06. The highest BCUT2D eigenvalue weighted by molar-refractivity contribution is 7.11. The average Bonchev–Trinajstić information content (AvgIpc) is 3.66. The van der Waals surface area contributed by atoms with Gasteiger partial charge in [0.15, 0.2) is 0 Å². The van der Waals surface area contributed by atoms with E-state index in [1.807, 2.05) is 95.7 Å². The van der Waals surface area contributed by atoms with Crippen LogP contribution in [0.4, 0.5) is 0 Å². The molecule has 0 fully saturated rings. The Bertz CT molecular complexity index is 1310. The zero-order chi connectivity index (χ0) is 23.1.